The Hall–Kier alpha value is -4.25. The second kappa shape index (κ2) is 9.00. The number of hydrogen-bond acceptors (Lipinski definition) is 7. The van der Waals surface area contributed by atoms with Gasteiger partial charge in [0.2, 0.25) is 5.88 Å². The maximum atomic E-state index is 13.4. The summed E-state index contributed by atoms with van der Waals surface area (Å²) in [6, 6.07) is 24.6. The molecule has 0 aliphatic carbocycles. The fourth-order valence-corrected chi connectivity index (χ4v) is 5.63. The topological polar surface area (TPSA) is 102 Å². The molecule has 0 saturated carbocycles. The number of aromatic nitrogens is 1. The molecule has 180 valence electrons. The van der Waals surface area contributed by atoms with Crippen LogP contribution in [0.1, 0.15) is 22.6 Å². The van der Waals surface area contributed by atoms with E-state index >= 15 is 0 Å². The third kappa shape index (κ3) is 4.01. The van der Waals surface area contributed by atoms with Gasteiger partial charge in [0, 0.05) is 15.3 Å². The quantitative estimate of drug-likeness (QED) is 0.263. The van der Waals surface area contributed by atoms with Gasteiger partial charge in [-0.1, -0.05) is 47.1 Å². The highest BCUT2D eigenvalue weighted by Gasteiger charge is 2.37. The van der Waals surface area contributed by atoms with Crippen molar-refractivity contribution in [1.29, 1.82) is 5.26 Å². The number of nitrogens with zero attached hydrogens (tertiary/aromatic N) is 2. The Morgan fingerprint density at radius 2 is 1.86 bits per heavy atom. The summed E-state index contributed by atoms with van der Waals surface area (Å²) in [7, 11) is 0. The van der Waals surface area contributed by atoms with Crippen molar-refractivity contribution >= 4 is 45.2 Å². The molecule has 2 aromatic heterocycles. The molecular formula is C29H18ClN3O3S. The number of para-hydroxylation sites is 1. The number of allylic oxidation sites excluding steroid dienone is 1. The van der Waals surface area contributed by atoms with Crippen LogP contribution in [0, 0.1) is 18.3 Å². The van der Waals surface area contributed by atoms with Crippen molar-refractivity contribution in [2.75, 3.05) is 0 Å². The largest absolute Gasteiger partial charge is 0.439 e. The molecule has 0 bridgehead atoms. The van der Waals surface area contributed by atoms with Gasteiger partial charge < -0.3 is 14.9 Å². The van der Waals surface area contributed by atoms with E-state index in [0.29, 0.717) is 32.3 Å². The first kappa shape index (κ1) is 23.2. The summed E-state index contributed by atoms with van der Waals surface area (Å²) >= 11 is 7.51. The number of halogens is 1. The lowest BCUT2D eigenvalue weighted by atomic mass is 9.84. The van der Waals surface area contributed by atoms with Crippen LogP contribution in [0.4, 0.5) is 0 Å². The molecule has 37 heavy (non-hydrogen) atoms. The number of nitriles is 1. The van der Waals surface area contributed by atoms with E-state index in [1.807, 2.05) is 49.4 Å². The van der Waals surface area contributed by atoms with Crippen LogP contribution in [0.3, 0.4) is 0 Å². The van der Waals surface area contributed by atoms with E-state index in [-0.39, 0.29) is 17.0 Å². The predicted molar refractivity (Wildman–Crippen MR) is 144 cm³/mol. The van der Waals surface area contributed by atoms with Gasteiger partial charge in [-0.25, -0.2) is 9.78 Å². The Morgan fingerprint density at radius 1 is 1.08 bits per heavy atom. The molecule has 1 atom stereocenters. The van der Waals surface area contributed by atoms with E-state index in [0.717, 1.165) is 21.4 Å². The lowest BCUT2D eigenvalue weighted by Crippen LogP contribution is -2.26. The summed E-state index contributed by atoms with van der Waals surface area (Å²) in [6.45, 7) is 2.00. The smallest absolute Gasteiger partial charge is 0.344 e. The van der Waals surface area contributed by atoms with Crippen molar-refractivity contribution in [3.63, 3.8) is 0 Å². The number of fused-ring (bicyclic) bond motifs is 4. The van der Waals surface area contributed by atoms with Gasteiger partial charge in [0.05, 0.1) is 22.4 Å². The molecule has 5 aromatic rings. The summed E-state index contributed by atoms with van der Waals surface area (Å²) in [5.74, 6) is -0.593. The van der Waals surface area contributed by atoms with Gasteiger partial charge in [0.1, 0.15) is 22.3 Å². The summed E-state index contributed by atoms with van der Waals surface area (Å²) in [5, 5.41) is 12.9. The molecule has 0 spiro atoms. The molecule has 6 rings (SSSR count). The monoisotopic (exact) mass is 523 g/mol. The van der Waals surface area contributed by atoms with Crippen LogP contribution < -0.4 is 16.1 Å². The molecule has 2 N–H and O–H groups in total. The van der Waals surface area contributed by atoms with Crippen molar-refractivity contribution in [2.24, 2.45) is 5.73 Å². The van der Waals surface area contributed by atoms with Crippen LogP contribution in [0.5, 0.6) is 5.75 Å². The maximum Gasteiger partial charge on any atom is 0.344 e. The Balaban J connectivity index is 1.67. The van der Waals surface area contributed by atoms with Crippen LogP contribution in [0.25, 0.3) is 21.9 Å². The molecule has 1 aliphatic rings. The number of benzene rings is 3. The molecule has 1 aliphatic heterocycles. The second-order valence-corrected chi connectivity index (χ2v) is 10.2. The molecule has 3 heterocycles. The molecule has 8 heteroatoms. The van der Waals surface area contributed by atoms with E-state index < -0.39 is 11.5 Å². The lowest BCUT2D eigenvalue weighted by molar-refractivity contribution is 0.387. The zero-order valence-electron chi connectivity index (χ0n) is 19.5. The summed E-state index contributed by atoms with van der Waals surface area (Å²) in [6.07, 6.45) is 0. The van der Waals surface area contributed by atoms with Gasteiger partial charge in [-0.3, -0.25) is 0 Å². The van der Waals surface area contributed by atoms with Crippen molar-refractivity contribution in [1.82, 2.24) is 4.98 Å². The zero-order chi connectivity index (χ0) is 25.7. The van der Waals surface area contributed by atoms with Crippen LogP contribution >= 0.6 is 23.4 Å². The molecule has 0 radical (unpaired) electrons. The lowest BCUT2D eigenvalue weighted by Gasteiger charge is -2.27. The van der Waals surface area contributed by atoms with Crippen LogP contribution in [-0.2, 0) is 0 Å². The standard InChI is InChI=1S/C29H18ClN3O3S/c1-15-6-11-22-16(12-15)13-20(28(33-22)37-18-9-7-17(30)8-10-18)24-21(14-31)27(32)36-26-19-4-2-3-5-23(19)35-29(34)25(24)26/h2-13,24H,32H2,1H3. The highest BCUT2D eigenvalue weighted by atomic mass is 35.5. The highest BCUT2D eigenvalue weighted by molar-refractivity contribution is 7.99. The third-order valence-electron chi connectivity index (χ3n) is 6.28. The van der Waals surface area contributed by atoms with E-state index in [1.165, 1.54) is 11.8 Å². The predicted octanol–water partition coefficient (Wildman–Crippen LogP) is 6.67. The second-order valence-electron chi connectivity index (χ2n) is 8.69. The van der Waals surface area contributed by atoms with Crippen LogP contribution in [0.2, 0.25) is 5.02 Å². The van der Waals surface area contributed by atoms with Crippen LogP contribution in [-0.4, -0.2) is 4.98 Å². The number of rotatable bonds is 3. The number of aryl methyl sites for hydroxylation is 1. The normalized spacial score (nSPS) is 14.9. The minimum atomic E-state index is -0.832. The van der Waals surface area contributed by atoms with Crippen molar-refractivity contribution in [2.45, 2.75) is 22.8 Å². The summed E-state index contributed by atoms with van der Waals surface area (Å²) < 4.78 is 11.6. The van der Waals surface area contributed by atoms with Crippen molar-refractivity contribution in [3.8, 4) is 11.8 Å². The fourth-order valence-electron chi connectivity index (χ4n) is 4.57. The van der Waals surface area contributed by atoms with Gasteiger partial charge in [-0.15, -0.1) is 0 Å². The number of ether oxygens (including phenoxy) is 1. The van der Waals surface area contributed by atoms with Crippen molar-refractivity contribution in [3.05, 3.63) is 116 Å². The highest BCUT2D eigenvalue weighted by Crippen LogP contribution is 2.47. The van der Waals surface area contributed by atoms with E-state index in [2.05, 4.69) is 6.07 Å². The van der Waals surface area contributed by atoms with Gasteiger partial charge in [-0.05, 0) is 67.1 Å². The summed E-state index contributed by atoms with van der Waals surface area (Å²) in [5.41, 5.74) is 8.93. The first-order chi connectivity index (χ1) is 17.9. The first-order valence-electron chi connectivity index (χ1n) is 11.4. The number of pyridine rings is 1. The molecule has 3 aromatic carbocycles. The average Bonchev–Trinajstić information content (AvgIpc) is 2.89. The number of nitrogens with two attached hydrogens (primary N) is 1. The molecule has 0 fully saturated rings. The third-order valence-corrected chi connectivity index (χ3v) is 7.56. The molecule has 1 unspecified atom stereocenters. The maximum absolute atomic E-state index is 13.4. The Labute approximate surface area is 220 Å². The fraction of sp³-hybridized carbons (Fsp3) is 0.0690. The Kier molecular flexibility index (Phi) is 5.64. The van der Waals surface area contributed by atoms with Gasteiger partial charge in [0.25, 0.3) is 0 Å². The zero-order valence-corrected chi connectivity index (χ0v) is 21.1. The number of hydrogen-bond donors (Lipinski definition) is 1. The molecular weight excluding hydrogens is 506 g/mol. The average molecular weight is 524 g/mol. The van der Waals surface area contributed by atoms with E-state index in [9.17, 15) is 10.1 Å². The first-order valence-corrected chi connectivity index (χ1v) is 12.6. The minimum absolute atomic E-state index is 0.0532. The van der Waals surface area contributed by atoms with Gasteiger partial charge >= 0.3 is 5.63 Å². The minimum Gasteiger partial charge on any atom is -0.439 e. The Bertz CT molecular complexity index is 1860. The van der Waals surface area contributed by atoms with Crippen molar-refractivity contribution < 1.29 is 9.15 Å². The van der Waals surface area contributed by atoms with Gasteiger partial charge in [-0.2, -0.15) is 5.26 Å². The van der Waals surface area contributed by atoms with E-state index in [1.54, 1.807) is 30.3 Å². The van der Waals surface area contributed by atoms with E-state index in [4.69, 9.17) is 31.5 Å². The summed E-state index contributed by atoms with van der Waals surface area (Å²) in [4.78, 5) is 19.2. The molecule has 0 amide bonds. The molecule has 6 nitrogen and oxygen atoms in total. The van der Waals surface area contributed by atoms with Gasteiger partial charge in [0.15, 0.2) is 5.75 Å². The Morgan fingerprint density at radius 3 is 2.65 bits per heavy atom. The SMILES string of the molecule is Cc1ccc2nc(Sc3ccc(Cl)cc3)c(C3C(C#N)=C(N)Oc4c3c(=O)oc3ccccc43)cc2c1. The van der Waals surface area contributed by atoms with Crippen LogP contribution in [0.15, 0.2) is 103 Å². The molecule has 0 saturated heterocycles.